The van der Waals surface area contributed by atoms with E-state index >= 15 is 0 Å². The number of nitrogens with one attached hydrogen (secondary N) is 1. The topological polar surface area (TPSA) is 47.3 Å². The fraction of sp³-hybridized carbons (Fsp3) is 0.455. The molecular formula is C11H18N2O. The SMILES string of the molecule is CCCNc1cc(N)cc(OCC)c1. The zero-order valence-corrected chi connectivity index (χ0v) is 8.84. The summed E-state index contributed by atoms with van der Waals surface area (Å²) in [4.78, 5) is 0. The Balaban J connectivity index is 2.73. The first kappa shape index (κ1) is 10.7. The Labute approximate surface area is 85.3 Å². The van der Waals surface area contributed by atoms with Crippen LogP contribution in [0.4, 0.5) is 11.4 Å². The standard InChI is InChI=1S/C11H18N2O/c1-3-5-13-10-6-9(12)7-11(8-10)14-4-2/h6-8,13H,3-5,12H2,1-2H3. The quantitative estimate of drug-likeness (QED) is 0.708. The van der Waals surface area contributed by atoms with Gasteiger partial charge < -0.3 is 15.8 Å². The Kier molecular flexibility index (Phi) is 4.11. The van der Waals surface area contributed by atoms with Crippen LogP contribution in [-0.4, -0.2) is 13.2 Å². The number of hydrogen-bond donors (Lipinski definition) is 2. The summed E-state index contributed by atoms with van der Waals surface area (Å²) in [5.41, 5.74) is 7.50. The molecule has 0 heterocycles. The van der Waals surface area contributed by atoms with Gasteiger partial charge in [-0.15, -0.1) is 0 Å². The fourth-order valence-electron chi connectivity index (χ4n) is 1.24. The second-order valence-electron chi connectivity index (χ2n) is 3.15. The summed E-state index contributed by atoms with van der Waals surface area (Å²) in [6, 6.07) is 5.72. The van der Waals surface area contributed by atoms with E-state index in [1.54, 1.807) is 0 Å². The molecule has 78 valence electrons. The Hall–Kier alpha value is -1.38. The van der Waals surface area contributed by atoms with Crippen molar-refractivity contribution in [2.45, 2.75) is 20.3 Å². The summed E-state index contributed by atoms with van der Waals surface area (Å²) in [5, 5.41) is 3.27. The Morgan fingerprint density at radius 3 is 2.71 bits per heavy atom. The van der Waals surface area contributed by atoms with E-state index in [0.717, 1.165) is 30.1 Å². The molecular weight excluding hydrogens is 176 g/mol. The maximum absolute atomic E-state index is 5.74. The summed E-state index contributed by atoms with van der Waals surface area (Å²) in [5.74, 6) is 0.825. The monoisotopic (exact) mass is 194 g/mol. The molecule has 0 saturated carbocycles. The maximum Gasteiger partial charge on any atom is 0.123 e. The molecule has 3 heteroatoms. The Morgan fingerprint density at radius 2 is 2.07 bits per heavy atom. The van der Waals surface area contributed by atoms with Gasteiger partial charge >= 0.3 is 0 Å². The lowest BCUT2D eigenvalue weighted by atomic mass is 10.2. The van der Waals surface area contributed by atoms with E-state index in [9.17, 15) is 0 Å². The highest BCUT2D eigenvalue weighted by atomic mass is 16.5. The van der Waals surface area contributed by atoms with Crippen LogP contribution in [0.25, 0.3) is 0 Å². The van der Waals surface area contributed by atoms with Crippen LogP contribution in [0.5, 0.6) is 5.75 Å². The predicted molar refractivity (Wildman–Crippen MR) is 60.8 cm³/mol. The minimum Gasteiger partial charge on any atom is -0.494 e. The second-order valence-corrected chi connectivity index (χ2v) is 3.15. The van der Waals surface area contributed by atoms with Crippen molar-refractivity contribution in [1.82, 2.24) is 0 Å². The number of benzene rings is 1. The van der Waals surface area contributed by atoms with E-state index in [2.05, 4.69) is 12.2 Å². The number of nitrogen functional groups attached to an aromatic ring is 1. The van der Waals surface area contributed by atoms with Crippen molar-refractivity contribution in [2.75, 3.05) is 24.2 Å². The van der Waals surface area contributed by atoms with Crippen molar-refractivity contribution in [2.24, 2.45) is 0 Å². The van der Waals surface area contributed by atoms with Crippen molar-refractivity contribution >= 4 is 11.4 Å². The summed E-state index contributed by atoms with van der Waals surface area (Å²) < 4.78 is 5.39. The molecule has 3 nitrogen and oxygen atoms in total. The minimum absolute atomic E-state index is 0.663. The van der Waals surface area contributed by atoms with Crippen LogP contribution in [0.15, 0.2) is 18.2 Å². The van der Waals surface area contributed by atoms with E-state index in [4.69, 9.17) is 10.5 Å². The van der Waals surface area contributed by atoms with Crippen molar-refractivity contribution < 1.29 is 4.74 Å². The van der Waals surface area contributed by atoms with Gasteiger partial charge in [-0.25, -0.2) is 0 Å². The van der Waals surface area contributed by atoms with Crippen LogP contribution >= 0.6 is 0 Å². The maximum atomic E-state index is 5.74. The lowest BCUT2D eigenvalue weighted by Crippen LogP contribution is -2.01. The molecule has 0 fully saturated rings. The summed E-state index contributed by atoms with van der Waals surface area (Å²) in [6.45, 7) is 5.71. The van der Waals surface area contributed by atoms with Gasteiger partial charge in [-0.1, -0.05) is 6.92 Å². The van der Waals surface area contributed by atoms with Gasteiger partial charge in [0.1, 0.15) is 5.75 Å². The minimum atomic E-state index is 0.663. The first-order valence-corrected chi connectivity index (χ1v) is 5.03. The molecule has 1 rings (SSSR count). The molecule has 1 aromatic carbocycles. The number of hydrogen-bond acceptors (Lipinski definition) is 3. The first-order valence-electron chi connectivity index (χ1n) is 5.03. The average molecular weight is 194 g/mol. The molecule has 0 bridgehead atoms. The number of nitrogens with two attached hydrogens (primary N) is 1. The van der Waals surface area contributed by atoms with E-state index in [1.807, 2.05) is 25.1 Å². The van der Waals surface area contributed by atoms with Crippen molar-refractivity contribution in [3.8, 4) is 5.75 Å². The Bertz CT molecular complexity index is 287. The van der Waals surface area contributed by atoms with E-state index in [-0.39, 0.29) is 0 Å². The fourth-order valence-corrected chi connectivity index (χ4v) is 1.24. The lowest BCUT2D eigenvalue weighted by Gasteiger charge is -2.09. The molecule has 0 aliphatic carbocycles. The number of rotatable bonds is 5. The molecule has 0 atom stereocenters. The molecule has 0 spiro atoms. The van der Waals surface area contributed by atoms with E-state index in [0.29, 0.717) is 6.61 Å². The van der Waals surface area contributed by atoms with Crippen molar-refractivity contribution in [3.05, 3.63) is 18.2 Å². The third-order valence-electron chi connectivity index (χ3n) is 1.82. The zero-order valence-electron chi connectivity index (χ0n) is 8.84. The van der Waals surface area contributed by atoms with Gasteiger partial charge in [-0.3, -0.25) is 0 Å². The molecule has 0 saturated heterocycles. The molecule has 14 heavy (non-hydrogen) atoms. The van der Waals surface area contributed by atoms with Crippen LogP contribution in [0.2, 0.25) is 0 Å². The summed E-state index contributed by atoms with van der Waals surface area (Å²) in [6.07, 6.45) is 1.10. The van der Waals surface area contributed by atoms with Gasteiger partial charge in [0.2, 0.25) is 0 Å². The molecule has 0 aliphatic rings. The average Bonchev–Trinajstić information content (AvgIpc) is 2.14. The number of anilines is 2. The van der Waals surface area contributed by atoms with E-state index in [1.165, 1.54) is 0 Å². The molecule has 0 aromatic heterocycles. The summed E-state index contributed by atoms with van der Waals surface area (Å²) in [7, 11) is 0. The van der Waals surface area contributed by atoms with Gasteiger partial charge in [-0.2, -0.15) is 0 Å². The van der Waals surface area contributed by atoms with Gasteiger partial charge in [-0.05, 0) is 19.4 Å². The van der Waals surface area contributed by atoms with Gasteiger partial charge in [0.05, 0.1) is 6.61 Å². The van der Waals surface area contributed by atoms with Crippen molar-refractivity contribution in [3.63, 3.8) is 0 Å². The normalized spacial score (nSPS) is 9.86. The Morgan fingerprint density at radius 1 is 1.29 bits per heavy atom. The van der Waals surface area contributed by atoms with Crippen LogP contribution in [-0.2, 0) is 0 Å². The first-order chi connectivity index (χ1) is 6.76. The molecule has 3 N–H and O–H groups in total. The van der Waals surface area contributed by atoms with Gasteiger partial charge in [0, 0.05) is 30.1 Å². The smallest absolute Gasteiger partial charge is 0.123 e. The van der Waals surface area contributed by atoms with Crippen molar-refractivity contribution in [1.29, 1.82) is 0 Å². The van der Waals surface area contributed by atoms with Crippen LogP contribution in [0.3, 0.4) is 0 Å². The number of ether oxygens (including phenoxy) is 1. The highest BCUT2D eigenvalue weighted by molar-refractivity contribution is 5.59. The largest absolute Gasteiger partial charge is 0.494 e. The third kappa shape index (κ3) is 3.17. The zero-order chi connectivity index (χ0) is 10.4. The van der Waals surface area contributed by atoms with Crippen LogP contribution in [0, 0.1) is 0 Å². The highest BCUT2D eigenvalue weighted by Gasteiger charge is 1.98. The van der Waals surface area contributed by atoms with Gasteiger partial charge in [0.25, 0.3) is 0 Å². The van der Waals surface area contributed by atoms with Crippen LogP contribution in [0.1, 0.15) is 20.3 Å². The molecule has 0 unspecified atom stereocenters. The van der Waals surface area contributed by atoms with Crippen LogP contribution < -0.4 is 15.8 Å². The molecule has 1 aromatic rings. The van der Waals surface area contributed by atoms with E-state index < -0.39 is 0 Å². The molecule has 0 aliphatic heterocycles. The van der Waals surface area contributed by atoms with Gasteiger partial charge in [0.15, 0.2) is 0 Å². The predicted octanol–water partition coefficient (Wildman–Crippen LogP) is 2.49. The molecule has 0 radical (unpaired) electrons. The third-order valence-corrected chi connectivity index (χ3v) is 1.82. The summed E-state index contributed by atoms with van der Waals surface area (Å²) >= 11 is 0. The highest BCUT2D eigenvalue weighted by Crippen LogP contribution is 2.22. The second kappa shape index (κ2) is 5.37. The molecule has 0 amide bonds. The lowest BCUT2D eigenvalue weighted by molar-refractivity contribution is 0.340.